The summed E-state index contributed by atoms with van der Waals surface area (Å²) in [5.74, 6) is 0.410. The molecule has 0 radical (unpaired) electrons. The van der Waals surface area contributed by atoms with Crippen molar-refractivity contribution in [2.45, 2.75) is 19.8 Å². The number of hydrogen-bond acceptors (Lipinski definition) is 3. The summed E-state index contributed by atoms with van der Waals surface area (Å²) in [5.41, 5.74) is 1.63. The van der Waals surface area contributed by atoms with Crippen LogP contribution < -0.4 is 4.74 Å². The molecule has 0 saturated heterocycles. The van der Waals surface area contributed by atoms with Crippen molar-refractivity contribution in [2.24, 2.45) is 0 Å². The first-order chi connectivity index (χ1) is 7.11. The number of aldehydes is 1. The summed E-state index contributed by atoms with van der Waals surface area (Å²) in [5, 5.41) is 10.1. The molecular weight excluding hydrogens is 216 g/mol. The fourth-order valence-corrected chi connectivity index (χ4v) is 1.71. The third-order valence-corrected chi connectivity index (χ3v) is 2.69. The largest absolute Gasteiger partial charge is 0.504 e. The second-order valence-corrected chi connectivity index (χ2v) is 3.63. The number of carbonyl (C=O) groups excluding carboxylic acids is 1. The fraction of sp³-hybridized carbons (Fsp3) is 0.364. The van der Waals surface area contributed by atoms with E-state index in [0.29, 0.717) is 23.6 Å². The van der Waals surface area contributed by atoms with Crippen molar-refractivity contribution in [3.63, 3.8) is 0 Å². The fourth-order valence-electron chi connectivity index (χ4n) is 1.49. The summed E-state index contributed by atoms with van der Waals surface area (Å²) >= 11 is 5.92. The van der Waals surface area contributed by atoms with Gasteiger partial charge in [0.25, 0.3) is 0 Å². The van der Waals surface area contributed by atoms with Crippen LogP contribution in [0.2, 0.25) is 5.02 Å². The zero-order valence-electron chi connectivity index (χ0n) is 8.71. The molecule has 0 bridgehead atoms. The first-order valence-corrected chi connectivity index (χ1v) is 4.98. The first-order valence-electron chi connectivity index (χ1n) is 4.60. The lowest BCUT2D eigenvalue weighted by molar-refractivity contribution is -0.107. The van der Waals surface area contributed by atoms with Crippen LogP contribution in [0.4, 0.5) is 0 Å². The van der Waals surface area contributed by atoms with Crippen LogP contribution in [0.1, 0.15) is 17.5 Å². The van der Waals surface area contributed by atoms with Crippen molar-refractivity contribution in [1.29, 1.82) is 0 Å². The van der Waals surface area contributed by atoms with E-state index >= 15 is 0 Å². The Morgan fingerprint density at radius 3 is 2.80 bits per heavy atom. The number of benzene rings is 1. The van der Waals surface area contributed by atoms with E-state index in [4.69, 9.17) is 16.3 Å². The second-order valence-electron chi connectivity index (χ2n) is 3.22. The SMILES string of the molecule is COc1c(O)cc(Cl)c(C)c1CCC=O. The number of hydrogen-bond donors (Lipinski definition) is 1. The van der Waals surface area contributed by atoms with E-state index < -0.39 is 0 Å². The molecular formula is C11H13ClO3. The minimum absolute atomic E-state index is 0.00833. The summed E-state index contributed by atoms with van der Waals surface area (Å²) in [7, 11) is 1.48. The highest BCUT2D eigenvalue weighted by Gasteiger charge is 2.14. The zero-order valence-corrected chi connectivity index (χ0v) is 9.47. The van der Waals surface area contributed by atoms with Gasteiger partial charge in [0, 0.05) is 23.1 Å². The van der Waals surface area contributed by atoms with Crippen molar-refractivity contribution in [3.8, 4) is 11.5 Å². The Morgan fingerprint density at radius 1 is 1.60 bits per heavy atom. The van der Waals surface area contributed by atoms with Crippen LogP contribution in [0, 0.1) is 6.92 Å². The van der Waals surface area contributed by atoms with Crippen LogP contribution in [0.15, 0.2) is 6.07 Å². The number of carbonyl (C=O) groups is 1. The summed E-state index contributed by atoms with van der Waals surface area (Å²) in [6.45, 7) is 1.84. The third kappa shape index (κ3) is 2.42. The van der Waals surface area contributed by atoms with Crippen LogP contribution in [0.3, 0.4) is 0 Å². The Labute approximate surface area is 93.6 Å². The number of methoxy groups -OCH3 is 1. The lowest BCUT2D eigenvalue weighted by Crippen LogP contribution is -1.97. The van der Waals surface area contributed by atoms with Gasteiger partial charge in [-0.15, -0.1) is 0 Å². The Kier molecular flexibility index (Phi) is 3.97. The molecule has 0 atom stereocenters. The normalized spacial score (nSPS) is 10.1. The van der Waals surface area contributed by atoms with Crippen LogP contribution in [0.25, 0.3) is 0 Å². The average molecular weight is 229 g/mol. The third-order valence-electron chi connectivity index (χ3n) is 2.30. The van der Waals surface area contributed by atoms with E-state index in [0.717, 1.165) is 17.4 Å². The topological polar surface area (TPSA) is 46.5 Å². The molecule has 1 N–H and O–H groups in total. The minimum Gasteiger partial charge on any atom is -0.504 e. The molecule has 0 unspecified atom stereocenters. The van der Waals surface area contributed by atoms with Gasteiger partial charge >= 0.3 is 0 Å². The summed E-state index contributed by atoms with van der Waals surface area (Å²) in [4.78, 5) is 10.3. The molecule has 4 heteroatoms. The highest BCUT2D eigenvalue weighted by Crippen LogP contribution is 2.37. The van der Waals surface area contributed by atoms with Crippen molar-refractivity contribution >= 4 is 17.9 Å². The van der Waals surface area contributed by atoms with Crippen LogP contribution in [-0.4, -0.2) is 18.5 Å². The van der Waals surface area contributed by atoms with Gasteiger partial charge in [-0.3, -0.25) is 0 Å². The molecule has 1 aromatic carbocycles. The van der Waals surface area contributed by atoms with Gasteiger partial charge in [-0.2, -0.15) is 0 Å². The molecule has 0 heterocycles. The van der Waals surface area contributed by atoms with Crippen molar-refractivity contribution < 1.29 is 14.6 Å². The van der Waals surface area contributed by atoms with Gasteiger partial charge in [0.05, 0.1) is 7.11 Å². The Balaban J connectivity index is 3.23. The standard InChI is InChI=1S/C11H13ClO3/c1-7-8(4-3-5-13)11(15-2)10(14)6-9(7)12/h5-6,14H,3-4H2,1-2H3. The van der Waals surface area contributed by atoms with Gasteiger partial charge in [0.15, 0.2) is 11.5 Å². The van der Waals surface area contributed by atoms with Gasteiger partial charge in [-0.05, 0) is 18.9 Å². The molecule has 0 aliphatic rings. The highest BCUT2D eigenvalue weighted by molar-refractivity contribution is 6.31. The van der Waals surface area contributed by atoms with E-state index in [-0.39, 0.29) is 5.75 Å². The molecule has 82 valence electrons. The molecule has 0 fully saturated rings. The van der Waals surface area contributed by atoms with E-state index in [1.165, 1.54) is 13.2 Å². The molecule has 1 aromatic rings. The number of phenolic OH excluding ortho intramolecular Hbond substituents is 1. The van der Waals surface area contributed by atoms with E-state index in [9.17, 15) is 9.90 Å². The monoisotopic (exact) mass is 228 g/mol. The first kappa shape index (κ1) is 11.9. The maximum Gasteiger partial charge on any atom is 0.164 e. The quantitative estimate of drug-likeness (QED) is 0.806. The summed E-state index contributed by atoms with van der Waals surface area (Å²) < 4.78 is 5.08. The minimum atomic E-state index is 0.00833. The van der Waals surface area contributed by atoms with Crippen molar-refractivity contribution in [3.05, 3.63) is 22.2 Å². The molecule has 0 saturated carbocycles. The lowest BCUT2D eigenvalue weighted by Gasteiger charge is -2.13. The number of halogens is 1. The summed E-state index contributed by atoms with van der Waals surface area (Å²) in [6.07, 6.45) is 1.74. The molecule has 0 amide bonds. The molecule has 3 nitrogen and oxygen atoms in total. The summed E-state index contributed by atoms with van der Waals surface area (Å²) in [6, 6.07) is 1.44. The maximum absolute atomic E-state index is 10.3. The Bertz CT molecular complexity index is 375. The predicted octanol–water partition coefficient (Wildman–Crippen LogP) is 2.49. The lowest BCUT2D eigenvalue weighted by atomic mass is 10.0. The molecule has 1 rings (SSSR count). The molecule has 0 aliphatic carbocycles. The molecule has 0 aliphatic heterocycles. The van der Waals surface area contributed by atoms with Gasteiger partial charge in [-0.25, -0.2) is 0 Å². The average Bonchev–Trinajstić information content (AvgIpc) is 2.21. The van der Waals surface area contributed by atoms with Gasteiger partial charge in [0.2, 0.25) is 0 Å². The van der Waals surface area contributed by atoms with E-state index in [2.05, 4.69) is 0 Å². The van der Waals surface area contributed by atoms with E-state index in [1.54, 1.807) is 0 Å². The van der Waals surface area contributed by atoms with E-state index in [1.807, 2.05) is 6.92 Å². The van der Waals surface area contributed by atoms with Crippen molar-refractivity contribution in [1.82, 2.24) is 0 Å². The Hall–Kier alpha value is -1.22. The highest BCUT2D eigenvalue weighted by atomic mass is 35.5. The second kappa shape index (κ2) is 5.03. The van der Waals surface area contributed by atoms with Crippen molar-refractivity contribution in [2.75, 3.05) is 7.11 Å². The van der Waals surface area contributed by atoms with Crippen LogP contribution in [-0.2, 0) is 11.2 Å². The van der Waals surface area contributed by atoms with Gasteiger partial charge in [-0.1, -0.05) is 11.6 Å². The Morgan fingerprint density at radius 2 is 2.27 bits per heavy atom. The van der Waals surface area contributed by atoms with Gasteiger partial charge < -0.3 is 14.6 Å². The molecule has 0 spiro atoms. The maximum atomic E-state index is 10.3. The molecule has 15 heavy (non-hydrogen) atoms. The number of phenols is 1. The number of rotatable bonds is 4. The van der Waals surface area contributed by atoms with Crippen LogP contribution in [0.5, 0.6) is 11.5 Å². The number of aromatic hydroxyl groups is 1. The number of ether oxygens (including phenoxy) is 1. The van der Waals surface area contributed by atoms with Gasteiger partial charge in [0.1, 0.15) is 6.29 Å². The van der Waals surface area contributed by atoms with Crippen LogP contribution >= 0.6 is 11.6 Å². The predicted molar refractivity (Wildman–Crippen MR) is 58.8 cm³/mol. The smallest absolute Gasteiger partial charge is 0.164 e. The zero-order chi connectivity index (χ0) is 11.4. The molecule has 0 aromatic heterocycles.